The summed E-state index contributed by atoms with van der Waals surface area (Å²) < 4.78 is 26.4. The molecule has 1 unspecified atom stereocenters. The van der Waals surface area contributed by atoms with E-state index in [9.17, 15) is 23.7 Å². The summed E-state index contributed by atoms with van der Waals surface area (Å²) in [6.07, 6.45) is 7.79. The van der Waals surface area contributed by atoms with Crippen LogP contribution in [0.1, 0.15) is 84.7 Å². The number of aromatic nitrogens is 1. The molecule has 3 saturated heterocycles. The van der Waals surface area contributed by atoms with Gasteiger partial charge in [0.25, 0.3) is 5.91 Å². The first-order valence-electron chi connectivity index (χ1n) is 19.1. The number of likely N-dealkylation sites (tertiary alicyclic amines) is 1. The van der Waals surface area contributed by atoms with E-state index in [4.69, 9.17) is 9.26 Å². The fraction of sp³-hybridized carbons (Fsp3) is 0.439. The van der Waals surface area contributed by atoms with Gasteiger partial charge in [0.2, 0.25) is 11.8 Å². The zero-order valence-corrected chi connectivity index (χ0v) is 33.2. The smallest absolute Gasteiger partial charge is 0.323 e. The molecule has 55 heavy (non-hydrogen) atoms. The molecule has 0 saturated carbocycles. The molecule has 0 aliphatic carbocycles. The molecule has 3 aliphatic rings. The highest BCUT2D eigenvalue weighted by Gasteiger charge is 2.47. The highest BCUT2D eigenvalue weighted by atomic mass is 32.1. The van der Waals surface area contributed by atoms with Gasteiger partial charge in [-0.1, -0.05) is 31.2 Å². The van der Waals surface area contributed by atoms with Crippen molar-refractivity contribution in [2.75, 3.05) is 19.7 Å². The Labute approximate surface area is 325 Å². The summed E-state index contributed by atoms with van der Waals surface area (Å²) in [6, 6.07) is 16.0. The first-order valence-corrected chi connectivity index (χ1v) is 21.8. The number of esters is 1. The number of nitrogens with one attached hydrogen (secondary N) is 2. The van der Waals surface area contributed by atoms with E-state index in [1.807, 2.05) is 48.4 Å². The molecule has 2 aromatic heterocycles. The number of fused-ring (bicyclic) bond motifs is 2. The summed E-state index contributed by atoms with van der Waals surface area (Å²) in [4.78, 5) is 62.5. The Morgan fingerprint density at radius 2 is 1.84 bits per heavy atom. The summed E-state index contributed by atoms with van der Waals surface area (Å²) in [6.45, 7) is 7.05. The average molecular weight is 786 g/mol. The van der Waals surface area contributed by atoms with Crippen molar-refractivity contribution in [3.8, 4) is 5.75 Å². The van der Waals surface area contributed by atoms with Gasteiger partial charge in [-0.05, 0) is 111 Å². The third-order valence-electron chi connectivity index (χ3n) is 10.8. The van der Waals surface area contributed by atoms with E-state index < -0.39 is 31.6 Å². The van der Waals surface area contributed by atoms with Crippen LogP contribution in [0.4, 0.5) is 0 Å². The number of hydrogen-bond donors (Lipinski definition) is 2. The standard InChI is InChI=1S/C41H48N5O7PS/c1-4-19-52-41(50)27(3)44-54(51,53-32-10-6-5-7-11-32)25-28-13-16-36-29(20-28)21-37(55-36)38(47)43-34-12-8-9-31-14-15-35(46(31)39(34)48)40(49)45-23-30(24-45)33-22-42-18-17-26(33)2/h5-7,10-11,13,16-18,20-22,27,30-31,34-35H,4,8-9,12,14-15,19,23-25H2,1-3H3,(H,43,47)(H,44,51)/t27-,31-,34-,35-,54?/m0/s1. The second kappa shape index (κ2) is 16.6. The molecule has 0 radical (unpaired) electrons. The van der Waals surface area contributed by atoms with Crippen molar-refractivity contribution in [2.45, 2.75) is 95.5 Å². The van der Waals surface area contributed by atoms with Gasteiger partial charge in [-0.25, -0.2) is 5.09 Å². The van der Waals surface area contributed by atoms with E-state index in [2.05, 4.69) is 22.3 Å². The van der Waals surface area contributed by atoms with Crippen LogP contribution >= 0.6 is 18.9 Å². The van der Waals surface area contributed by atoms with Gasteiger partial charge in [0.1, 0.15) is 23.9 Å². The lowest BCUT2D eigenvalue weighted by molar-refractivity contribution is -0.148. The van der Waals surface area contributed by atoms with Crippen molar-refractivity contribution >= 4 is 52.6 Å². The maximum Gasteiger partial charge on any atom is 0.323 e. The van der Waals surface area contributed by atoms with E-state index in [1.54, 1.807) is 48.4 Å². The molecular formula is C41H48N5O7PS. The Balaban J connectivity index is 1.02. The zero-order chi connectivity index (χ0) is 38.7. The molecule has 5 heterocycles. The van der Waals surface area contributed by atoms with Crippen LogP contribution in [-0.2, 0) is 29.8 Å². The lowest BCUT2D eigenvalue weighted by atomic mass is 9.89. The average Bonchev–Trinajstić information content (AvgIpc) is 3.74. The summed E-state index contributed by atoms with van der Waals surface area (Å²) in [5.74, 6) is -0.424. The summed E-state index contributed by atoms with van der Waals surface area (Å²) in [7, 11) is -3.67. The van der Waals surface area contributed by atoms with E-state index in [0.717, 1.165) is 40.5 Å². The van der Waals surface area contributed by atoms with Crippen LogP contribution in [0.2, 0.25) is 0 Å². The van der Waals surface area contributed by atoms with Gasteiger partial charge in [0.15, 0.2) is 0 Å². The van der Waals surface area contributed by atoms with Gasteiger partial charge in [-0.3, -0.25) is 28.7 Å². The van der Waals surface area contributed by atoms with Crippen LogP contribution in [0.25, 0.3) is 10.1 Å². The van der Waals surface area contributed by atoms with Crippen LogP contribution in [0.3, 0.4) is 0 Å². The lowest BCUT2D eigenvalue weighted by Gasteiger charge is -2.43. The van der Waals surface area contributed by atoms with Crippen LogP contribution in [0.15, 0.2) is 73.1 Å². The van der Waals surface area contributed by atoms with Gasteiger partial charge in [-0.15, -0.1) is 11.3 Å². The quantitative estimate of drug-likeness (QED) is 0.113. The van der Waals surface area contributed by atoms with Crippen molar-refractivity contribution in [3.05, 3.63) is 94.6 Å². The number of rotatable bonds is 13. The Morgan fingerprint density at radius 3 is 2.60 bits per heavy atom. The summed E-state index contributed by atoms with van der Waals surface area (Å²) >= 11 is 1.31. The maximum atomic E-state index is 14.3. The van der Waals surface area contributed by atoms with E-state index in [0.29, 0.717) is 48.5 Å². The van der Waals surface area contributed by atoms with Crippen molar-refractivity contribution < 1.29 is 33.0 Å². The van der Waals surface area contributed by atoms with Crippen LogP contribution in [0.5, 0.6) is 5.75 Å². The van der Waals surface area contributed by atoms with Gasteiger partial charge in [0, 0.05) is 42.1 Å². The minimum Gasteiger partial charge on any atom is -0.465 e. The summed E-state index contributed by atoms with van der Waals surface area (Å²) in [5, 5.41) is 6.70. The molecule has 12 nitrogen and oxygen atoms in total. The number of thiophene rings is 1. The van der Waals surface area contributed by atoms with Crippen LogP contribution < -0.4 is 14.9 Å². The lowest BCUT2D eigenvalue weighted by Crippen LogP contribution is -2.58. The van der Waals surface area contributed by atoms with Gasteiger partial charge in [-0.2, -0.15) is 0 Å². The molecule has 290 valence electrons. The molecule has 3 amide bonds. The molecule has 2 aromatic carbocycles. The minimum absolute atomic E-state index is 0.00921. The third-order valence-corrected chi connectivity index (χ3v) is 14.0. The Morgan fingerprint density at radius 1 is 1.04 bits per heavy atom. The Kier molecular flexibility index (Phi) is 11.7. The molecule has 0 bridgehead atoms. The fourth-order valence-electron chi connectivity index (χ4n) is 7.91. The number of benzene rings is 2. The number of amides is 3. The van der Waals surface area contributed by atoms with Crippen molar-refractivity contribution in [1.29, 1.82) is 0 Å². The number of aryl methyl sites for hydroxylation is 1. The summed E-state index contributed by atoms with van der Waals surface area (Å²) in [5.41, 5.74) is 3.02. The number of hydrogen-bond acceptors (Lipinski definition) is 9. The van der Waals surface area contributed by atoms with Crippen molar-refractivity contribution in [2.24, 2.45) is 0 Å². The molecule has 3 aliphatic heterocycles. The predicted octanol–water partition coefficient (Wildman–Crippen LogP) is 6.58. The first-order chi connectivity index (χ1) is 26.5. The number of pyridine rings is 1. The molecular weight excluding hydrogens is 738 g/mol. The minimum atomic E-state index is -3.67. The SMILES string of the molecule is CCCOC(=O)[C@H](C)NP(=O)(Cc1ccc2sc(C(=O)N[C@H]3CCC[C@H]4CC[C@@H](C(=O)N5CC(c6cnccc6C)C5)N4C3=O)cc2c1)Oc1ccccc1. The predicted molar refractivity (Wildman–Crippen MR) is 211 cm³/mol. The van der Waals surface area contributed by atoms with Crippen molar-refractivity contribution in [3.63, 3.8) is 0 Å². The second-order valence-electron chi connectivity index (χ2n) is 14.9. The third kappa shape index (κ3) is 8.64. The van der Waals surface area contributed by atoms with E-state index in [-0.39, 0.29) is 42.5 Å². The monoisotopic (exact) mass is 785 g/mol. The molecule has 7 rings (SSSR count). The molecule has 3 fully saturated rings. The molecule has 14 heteroatoms. The molecule has 2 N–H and O–H groups in total. The Hall–Kier alpha value is -4.58. The van der Waals surface area contributed by atoms with Crippen molar-refractivity contribution in [1.82, 2.24) is 25.2 Å². The van der Waals surface area contributed by atoms with Gasteiger partial charge < -0.3 is 24.4 Å². The maximum absolute atomic E-state index is 14.3. The molecule has 0 spiro atoms. The van der Waals surface area contributed by atoms with Crippen LogP contribution in [-0.4, -0.2) is 82.3 Å². The highest BCUT2D eigenvalue weighted by Crippen LogP contribution is 2.47. The number of nitrogens with zero attached hydrogens (tertiary/aromatic N) is 3. The fourth-order valence-corrected chi connectivity index (χ4v) is 10.9. The first kappa shape index (κ1) is 38.7. The largest absolute Gasteiger partial charge is 0.465 e. The topological polar surface area (TPSA) is 147 Å². The Bertz CT molecular complexity index is 2100. The number of para-hydroxylation sites is 1. The molecule has 4 aromatic rings. The van der Waals surface area contributed by atoms with Gasteiger partial charge in [0.05, 0.1) is 17.6 Å². The van der Waals surface area contributed by atoms with Gasteiger partial charge >= 0.3 is 13.5 Å². The highest BCUT2D eigenvalue weighted by molar-refractivity contribution is 7.56. The normalized spacial score (nSPS) is 21.6. The number of carbonyl (C=O) groups is 4. The van der Waals surface area contributed by atoms with E-state index in [1.165, 1.54) is 11.3 Å². The van der Waals surface area contributed by atoms with Crippen LogP contribution in [0, 0.1) is 6.92 Å². The second-order valence-corrected chi connectivity index (χ2v) is 18.0. The zero-order valence-electron chi connectivity index (χ0n) is 31.4. The number of carbonyl (C=O) groups excluding carboxylic acids is 4. The molecule has 5 atom stereocenters. The number of ether oxygens (including phenoxy) is 1. The van der Waals surface area contributed by atoms with E-state index >= 15 is 0 Å².